The third-order valence-electron chi connectivity index (χ3n) is 6.67. The summed E-state index contributed by atoms with van der Waals surface area (Å²) in [4.78, 5) is 40.5. The summed E-state index contributed by atoms with van der Waals surface area (Å²) >= 11 is 0. The van der Waals surface area contributed by atoms with Crippen LogP contribution in [0.1, 0.15) is 34.7 Å². The van der Waals surface area contributed by atoms with Crippen molar-refractivity contribution >= 4 is 23.1 Å². The topological polar surface area (TPSA) is 113 Å². The minimum atomic E-state index is -0.874. The van der Waals surface area contributed by atoms with Crippen LogP contribution >= 0.6 is 0 Å². The number of nitro benzene ring substituents is 1. The number of likely N-dealkylation sites (tertiary alicyclic amines) is 1. The van der Waals surface area contributed by atoms with Crippen LogP contribution in [0.4, 0.5) is 5.69 Å². The van der Waals surface area contributed by atoms with Gasteiger partial charge in [0.1, 0.15) is 18.1 Å². The second-order valence-electron chi connectivity index (χ2n) is 9.75. The number of nitro groups is 1. The van der Waals surface area contributed by atoms with Crippen molar-refractivity contribution in [2.75, 3.05) is 27.2 Å². The van der Waals surface area contributed by atoms with Gasteiger partial charge in [0.05, 0.1) is 16.5 Å². The van der Waals surface area contributed by atoms with Crippen LogP contribution < -0.4 is 4.74 Å². The van der Waals surface area contributed by atoms with E-state index in [1.165, 1.54) is 29.2 Å². The first-order chi connectivity index (χ1) is 18.7. The molecular weight excluding hydrogens is 498 g/mol. The van der Waals surface area contributed by atoms with Gasteiger partial charge in [0, 0.05) is 24.2 Å². The highest BCUT2D eigenvalue weighted by molar-refractivity contribution is 6.46. The van der Waals surface area contributed by atoms with Gasteiger partial charge in [-0.15, -0.1) is 0 Å². The maximum atomic E-state index is 13.3. The first-order valence-electron chi connectivity index (χ1n) is 12.6. The largest absolute Gasteiger partial charge is 0.507 e. The zero-order chi connectivity index (χ0) is 28.1. The van der Waals surface area contributed by atoms with Crippen molar-refractivity contribution in [3.8, 4) is 5.75 Å². The van der Waals surface area contributed by atoms with E-state index in [1.54, 1.807) is 25.1 Å². The normalized spacial score (nSPS) is 16.6. The third-order valence-corrected chi connectivity index (χ3v) is 6.67. The molecule has 1 fully saturated rings. The number of ketones is 1. The van der Waals surface area contributed by atoms with Gasteiger partial charge in [-0.2, -0.15) is 0 Å². The SMILES string of the molecule is Cc1cc(OCc2ccccc2)ccc1C(O)=C1C(=O)C(=O)N(CCCN(C)C)[C@@H]1c1ccc([N+](=O)[O-])cc1. The number of hydrogen-bond acceptors (Lipinski definition) is 7. The van der Waals surface area contributed by atoms with E-state index < -0.39 is 22.7 Å². The number of aliphatic hydroxyl groups excluding tert-OH is 1. The summed E-state index contributed by atoms with van der Waals surface area (Å²) in [6.45, 7) is 3.15. The van der Waals surface area contributed by atoms with Gasteiger partial charge in [0.15, 0.2) is 0 Å². The minimum Gasteiger partial charge on any atom is -0.507 e. The summed E-state index contributed by atoms with van der Waals surface area (Å²) in [7, 11) is 3.83. The van der Waals surface area contributed by atoms with E-state index in [0.29, 0.717) is 42.0 Å². The summed E-state index contributed by atoms with van der Waals surface area (Å²) in [5.74, 6) is -1.19. The molecule has 39 heavy (non-hydrogen) atoms. The Balaban J connectivity index is 1.70. The van der Waals surface area contributed by atoms with Gasteiger partial charge in [-0.05, 0) is 81.0 Å². The molecule has 1 aliphatic rings. The standard InChI is InChI=1S/C30H31N3O6/c1-20-18-24(39-19-21-8-5-4-6-9-21)14-15-25(20)28(34)26-27(22-10-12-23(13-11-22)33(37)38)32(30(36)29(26)35)17-7-16-31(2)3/h4-6,8-15,18,27,34H,7,16-17,19H2,1-3H3/t27-/m1/s1. The maximum Gasteiger partial charge on any atom is 0.295 e. The van der Waals surface area contributed by atoms with Crippen LogP contribution in [0.3, 0.4) is 0 Å². The van der Waals surface area contributed by atoms with Gasteiger partial charge < -0.3 is 19.6 Å². The van der Waals surface area contributed by atoms with Gasteiger partial charge in [-0.1, -0.05) is 30.3 Å². The molecule has 1 aliphatic heterocycles. The molecule has 202 valence electrons. The molecule has 0 aromatic heterocycles. The second kappa shape index (κ2) is 11.9. The van der Waals surface area contributed by atoms with Crippen LogP contribution in [-0.2, 0) is 16.2 Å². The Bertz CT molecular complexity index is 1400. The van der Waals surface area contributed by atoms with Crippen LogP contribution in [0.25, 0.3) is 5.76 Å². The number of amides is 1. The molecule has 4 rings (SSSR count). The van der Waals surface area contributed by atoms with Gasteiger partial charge >= 0.3 is 0 Å². The molecule has 3 aromatic rings. The Morgan fingerprint density at radius 2 is 1.74 bits per heavy atom. The fraction of sp³-hybridized carbons (Fsp3) is 0.267. The van der Waals surface area contributed by atoms with E-state index in [1.807, 2.05) is 49.3 Å². The molecule has 0 saturated carbocycles. The van der Waals surface area contributed by atoms with Crippen LogP contribution in [0.5, 0.6) is 5.75 Å². The number of nitrogens with zero attached hydrogens (tertiary/aromatic N) is 3. The van der Waals surface area contributed by atoms with Crippen molar-refractivity contribution in [3.05, 3.63) is 111 Å². The van der Waals surface area contributed by atoms with E-state index in [0.717, 1.165) is 5.56 Å². The average molecular weight is 530 g/mol. The molecule has 0 spiro atoms. The highest BCUT2D eigenvalue weighted by Gasteiger charge is 2.46. The fourth-order valence-electron chi connectivity index (χ4n) is 4.67. The number of non-ortho nitro benzene ring substituents is 1. The predicted octanol–water partition coefficient (Wildman–Crippen LogP) is 4.86. The highest BCUT2D eigenvalue weighted by Crippen LogP contribution is 2.40. The molecule has 9 heteroatoms. The van der Waals surface area contributed by atoms with E-state index in [4.69, 9.17) is 4.74 Å². The zero-order valence-electron chi connectivity index (χ0n) is 22.2. The lowest BCUT2D eigenvalue weighted by atomic mass is 9.93. The molecule has 1 N–H and O–H groups in total. The number of carbonyl (C=O) groups excluding carboxylic acids is 2. The molecule has 1 atom stereocenters. The maximum absolute atomic E-state index is 13.3. The number of hydrogen-bond donors (Lipinski definition) is 1. The molecule has 1 amide bonds. The number of ether oxygens (including phenoxy) is 1. The number of carbonyl (C=O) groups is 2. The predicted molar refractivity (Wildman–Crippen MR) is 147 cm³/mol. The van der Waals surface area contributed by atoms with E-state index >= 15 is 0 Å². The molecule has 0 aliphatic carbocycles. The van der Waals surface area contributed by atoms with E-state index in [2.05, 4.69) is 0 Å². The quantitative estimate of drug-likeness (QED) is 0.131. The molecule has 0 bridgehead atoms. The first kappa shape index (κ1) is 27.5. The Labute approximate surface area is 227 Å². The lowest BCUT2D eigenvalue weighted by molar-refractivity contribution is -0.384. The monoisotopic (exact) mass is 529 g/mol. The number of aryl methyl sites for hydroxylation is 1. The van der Waals surface area contributed by atoms with Crippen molar-refractivity contribution in [3.63, 3.8) is 0 Å². The number of Topliss-reactive ketones (excluding diaryl/α,β-unsaturated/α-hetero) is 1. The molecule has 0 unspecified atom stereocenters. The summed E-state index contributed by atoms with van der Waals surface area (Å²) in [6.07, 6.45) is 0.607. The molecule has 1 heterocycles. The van der Waals surface area contributed by atoms with Crippen LogP contribution in [0.15, 0.2) is 78.4 Å². The summed E-state index contributed by atoms with van der Waals surface area (Å²) in [6, 6.07) is 19.7. The van der Waals surface area contributed by atoms with E-state index in [-0.39, 0.29) is 23.6 Å². The van der Waals surface area contributed by atoms with Crippen molar-refractivity contribution in [2.24, 2.45) is 0 Å². The summed E-state index contributed by atoms with van der Waals surface area (Å²) in [5, 5.41) is 22.6. The molecule has 3 aromatic carbocycles. The molecular formula is C30H31N3O6. The lowest BCUT2D eigenvalue weighted by Crippen LogP contribution is -2.32. The summed E-state index contributed by atoms with van der Waals surface area (Å²) in [5.41, 5.74) is 2.44. The van der Waals surface area contributed by atoms with Crippen molar-refractivity contribution in [2.45, 2.75) is 26.0 Å². The Hall–Kier alpha value is -4.50. The lowest BCUT2D eigenvalue weighted by Gasteiger charge is -2.26. The molecule has 9 nitrogen and oxygen atoms in total. The highest BCUT2D eigenvalue weighted by atomic mass is 16.6. The van der Waals surface area contributed by atoms with Gasteiger partial charge in [0.25, 0.3) is 17.4 Å². The van der Waals surface area contributed by atoms with Crippen molar-refractivity contribution < 1.29 is 24.4 Å². The second-order valence-corrected chi connectivity index (χ2v) is 9.75. The molecule has 0 radical (unpaired) electrons. The Morgan fingerprint density at radius 3 is 2.36 bits per heavy atom. The molecule has 1 saturated heterocycles. The van der Waals surface area contributed by atoms with Crippen molar-refractivity contribution in [1.29, 1.82) is 0 Å². The van der Waals surface area contributed by atoms with Gasteiger partial charge in [-0.25, -0.2) is 0 Å². The Morgan fingerprint density at radius 1 is 1.05 bits per heavy atom. The van der Waals surface area contributed by atoms with Crippen LogP contribution in [0.2, 0.25) is 0 Å². The smallest absolute Gasteiger partial charge is 0.295 e. The fourth-order valence-corrected chi connectivity index (χ4v) is 4.67. The number of rotatable bonds is 10. The zero-order valence-corrected chi connectivity index (χ0v) is 22.2. The van der Waals surface area contributed by atoms with Crippen molar-refractivity contribution in [1.82, 2.24) is 9.80 Å². The number of benzene rings is 3. The first-order valence-corrected chi connectivity index (χ1v) is 12.6. The number of aliphatic hydroxyl groups is 1. The average Bonchev–Trinajstić information content (AvgIpc) is 3.17. The minimum absolute atomic E-state index is 0.0419. The third kappa shape index (κ3) is 6.15. The van der Waals surface area contributed by atoms with E-state index in [9.17, 15) is 24.8 Å². The van der Waals surface area contributed by atoms with Gasteiger partial charge in [-0.3, -0.25) is 19.7 Å². The van der Waals surface area contributed by atoms with Crippen LogP contribution in [-0.4, -0.2) is 58.7 Å². The Kier molecular flexibility index (Phi) is 8.41. The van der Waals surface area contributed by atoms with Crippen LogP contribution in [0, 0.1) is 17.0 Å². The summed E-state index contributed by atoms with van der Waals surface area (Å²) < 4.78 is 5.89. The van der Waals surface area contributed by atoms with Gasteiger partial charge in [0.2, 0.25) is 0 Å².